The number of carboxylic acids is 1. The quantitative estimate of drug-likeness (QED) is 0.858. The van der Waals surface area contributed by atoms with Gasteiger partial charge in [-0.25, -0.2) is 4.79 Å². The van der Waals surface area contributed by atoms with Crippen molar-refractivity contribution in [2.45, 2.75) is 6.54 Å². The fraction of sp³-hybridized carbons (Fsp3) is 0.188. The van der Waals surface area contributed by atoms with E-state index in [-0.39, 0.29) is 5.56 Å². The van der Waals surface area contributed by atoms with E-state index in [0.717, 1.165) is 16.0 Å². The predicted octanol–water partition coefficient (Wildman–Crippen LogP) is 3.06. The van der Waals surface area contributed by atoms with Gasteiger partial charge in [0.15, 0.2) is 7.05 Å². The van der Waals surface area contributed by atoms with Crippen LogP contribution in [0.3, 0.4) is 0 Å². The molecule has 0 amide bonds. The molecule has 0 saturated carbocycles. The smallest absolute Gasteiger partial charge is 0.335 e. The standard InChI is InChI=1S/C16H16N2O3/c1-17(14-4-3-5-15(10-14)18(2)21)11-12-6-8-13(9-7-12)16(19)20/h3-10H,11H2,1-2H3/p+1. The summed E-state index contributed by atoms with van der Waals surface area (Å²) < 4.78 is 0.818. The third kappa shape index (κ3) is 3.66. The summed E-state index contributed by atoms with van der Waals surface area (Å²) in [5.41, 5.74) is 2.80. The van der Waals surface area contributed by atoms with Gasteiger partial charge in [0.1, 0.15) is 0 Å². The lowest BCUT2D eigenvalue weighted by atomic mass is 10.1. The van der Waals surface area contributed by atoms with Crippen LogP contribution in [-0.4, -0.2) is 29.9 Å². The van der Waals surface area contributed by atoms with Crippen LogP contribution in [0.25, 0.3) is 0 Å². The average molecular weight is 285 g/mol. The van der Waals surface area contributed by atoms with Crippen LogP contribution in [-0.2, 0) is 6.54 Å². The van der Waals surface area contributed by atoms with Gasteiger partial charge >= 0.3 is 5.97 Å². The molecule has 0 bridgehead atoms. The number of carboxylic acid groups (broad SMARTS) is 1. The number of anilines is 1. The van der Waals surface area contributed by atoms with Gasteiger partial charge in [-0.1, -0.05) is 18.2 Å². The highest BCUT2D eigenvalue weighted by Crippen LogP contribution is 2.21. The van der Waals surface area contributed by atoms with Crippen molar-refractivity contribution in [1.29, 1.82) is 0 Å². The molecule has 0 radical (unpaired) electrons. The molecule has 108 valence electrons. The molecule has 2 aromatic carbocycles. The van der Waals surface area contributed by atoms with Gasteiger partial charge in [-0.2, -0.15) is 0 Å². The highest BCUT2D eigenvalue weighted by Gasteiger charge is 2.10. The summed E-state index contributed by atoms with van der Waals surface area (Å²) in [6.07, 6.45) is 0. The number of benzene rings is 2. The summed E-state index contributed by atoms with van der Waals surface area (Å²) in [6, 6.07) is 14.1. The van der Waals surface area contributed by atoms with Gasteiger partial charge in [0.05, 0.1) is 5.56 Å². The second-order valence-corrected chi connectivity index (χ2v) is 4.88. The van der Waals surface area contributed by atoms with Gasteiger partial charge in [0.25, 0.3) is 5.69 Å². The van der Waals surface area contributed by atoms with E-state index in [1.807, 2.05) is 30.1 Å². The molecule has 5 heteroatoms. The Bertz CT molecular complexity index is 665. The van der Waals surface area contributed by atoms with Crippen molar-refractivity contribution in [3.05, 3.63) is 64.6 Å². The van der Waals surface area contributed by atoms with E-state index in [2.05, 4.69) is 0 Å². The zero-order valence-corrected chi connectivity index (χ0v) is 12.0. The van der Waals surface area contributed by atoms with Crippen molar-refractivity contribution in [2.75, 3.05) is 19.0 Å². The summed E-state index contributed by atoms with van der Waals surface area (Å²) in [5.74, 6) is -0.930. The first kappa shape index (κ1) is 14.7. The lowest BCUT2D eigenvalue weighted by Crippen LogP contribution is -2.16. The Kier molecular flexibility index (Phi) is 4.33. The second-order valence-electron chi connectivity index (χ2n) is 4.88. The van der Waals surface area contributed by atoms with Crippen LogP contribution in [0, 0.1) is 4.91 Å². The van der Waals surface area contributed by atoms with E-state index >= 15 is 0 Å². The summed E-state index contributed by atoms with van der Waals surface area (Å²) in [4.78, 5) is 24.1. The zero-order chi connectivity index (χ0) is 15.4. The van der Waals surface area contributed by atoms with E-state index in [1.165, 1.54) is 7.05 Å². The predicted molar refractivity (Wildman–Crippen MR) is 81.2 cm³/mol. The summed E-state index contributed by atoms with van der Waals surface area (Å²) in [7, 11) is 3.39. The van der Waals surface area contributed by atoms with E-state index in [9.17, 15) is 9.70 Å². The Balaban J connectivity index is 2.13. The van der Waals surface area contributed by atoms with Crippen LogP contribution in [0.4, 0.5) is 11.4 Å². The van der Waals surface area contributed by atoms with Gasteiger partial charge in [-0.05, 0) is 23.8 Å². The van der Waals surface area contributed by atoms with Crippen LogP contribution >= 0.6 is 0 Å². The number of nitroso groups, excluding NO2 is 1. The topological polar surface area (TPSA) is 60.6 Å². The first-order valence-electron chi connectivity index (χ1n) is 6.51. The van der Waals surface area contributed by atoms with Crippen molar-refractivity contribution < 1.29 is 14.7 Å². The summed E-state index contributed by atoms with van der Waals surface area (Å²) in [5, 5.41) is 8.87. The molecule has 21 heavy (non-hydrogen) atoms. The van der Waals surface area contributed by atoms with Crippen LogP contribution in [0.15, 0.2) is 48.5 Å². The second kappa shape index (κ2) is 6.17. The van der Waals surface area contributed by atoms with Crippen molar-refractivity contribution >= 4 is 17.3 Å². The van der Waals surface area contributed by atoms with E-state index < -0.39 is 5.97 Å². The Morgan fingerprint density at radius 1 is 1.19 bits per heavy atom. The monoisotopic (exact) mass is 285 g/mol. The first-order chi connectivity index (χ1) is 9.97. The van der Waals surface area contributed by atoms with E-state index in [0.29, 0.717) is 12.2 Å². The Labute approximate surface area is 123 Å². The maximum Gasteiger partial charge on any atom is 0.335 e. The van der Waals surface area contributed by atoms with Crippen molar-refractivity contribution in [3.63, 3.8) is 0 Å². The summed E-state index contributed by atoms with van der Waals surface area (Å²) >= 11 is 0. The van der Waals surface area contributed by atoms with Crippen LogP contribution in [0.2, 0.25) is 0 Å². The molecule has 0 fully saturated rings. The van der Waals surface area contributed by atoms with Crippen molar-refractivity contribution in [2.24, 2.45) is 0 Å². The van der Waals surface area contributed by atoms with Gasteiger partial charge in [-0.15, -0.1) is 0 Å². The molecule has 0 saturated heterocycles. The molecule has 0 aliphatic heterocycles. The van der Waals surface area contributed by atoms with Crippen LogP contribution in [0.5, 0.6) is 0 Å². The fourth-order valence-electron chi connectivity index (χ4n) is 2.04. The minimum atomic E-state index is -0.930. The molecule has 2 aromatic rings. The maximum atomic E-state index is 11.3. The van der Waals surface area contributed by atoms with Crippen LogP contribution in [0.1, 0.15) is 15.9 Å². The third-order valence-corrected chi connectivity index (χ3v) is 3.25. The largest absolute Gasteiger partial charge is 0.478 e. The number of carbonyl (C=O) groups is 1. The van der Waals surface area contributed by atoms with Gasteiger partial charge in [0.2, 0.25) is 0 Å². The molecule has 0 spiro atoms. The molecule has 0 heterocycles. The zero-order valence-electron chi connectivity index (χ0n) is 12.0. The molecule has 1 N–H and O–H groups in total. The minimum absolute atomic E-state index is 0.274. The summed E-state index contributed by atoms with van der Waals surface area (Å²) in [6.45, 7) is 0.631. The molecule has 0 aromatic heterocycles. The molecule has 0 atom stereocenters. The van der Waals surface area contributed by atoms with Gasteiger partial charge < -0.3 is 10.0 Å². The highest BCUT2D eigenvalue weighted by molar-refractivity contribution is 5.87. The van der Waals surface area contributed by atoms with E-state index in [4.69, 9.17) is 5.11 Å². The molecule has 5 nitrogen and oxygen atoms in total. The Morgan fingerprint density at radius 3 is 2.43 bits per heavy atom. The minimum Gasteiger partial charge on any atom is -0.478 e. The maximum absolute atomic E-state index is 11.3. The van der Waals surface area contributed by atoms with Crippen molar-refractivity contribution in [1.82, 2.24) is 0 Å². The normalized spacial score (nSPS) is 10.2. The number of hydrogen-bond donors (Lipinski definition) is 1. The van der Waals surface area contributed by atoms with Gasteiger partial charge in [0, 0.05) is 41.1 Å². The van der Waals surface area contributed by atoms with Crippen molar-refractivity contribution in [3.8, 4) is 0 Å². The Morgan fingerprint density at radius 2 is 1.86 bits per heavy atom. The molecule has 0 aliphatic carbocycles. The fourth-order valence-corrected chi connectivity index (χ4v) is 2.04. The number of rotatable bonds is 5. The number of hydrogen-bond acceptors (Lipinski definition) is 3. The molecular weight excluding hydrogens is 268 g/mol. The number of aromatic carboxylic acids is 1. The van der Waals surface area contributed by atoms with Gasteiger partial charge in [-0.3, -0.25) is 0 Å². The van der Waals surface area contributed by atoms with E-state index in [1.54, 1.807) is 30.3 Å². The third-order valence-electron chi connectivity index (χ3n) is 3.25. The highest BCUT2D eigenvalue weighted by atomic mass is 16.4. The van der Waals surface area contributed by atoms with Crippen LogP contribution < -0.4 is 4.90 Å². The number of nitrogens with zero attached hydrogens (tertiary/aromatic N) is 2. The average Bonchev–Trinajstić information content (AvgIpc) is 2.48. The molecule has 0 aliphatic rings. The first-order valence-corrected chi connectivity index (χ1v) is 6.51. The molecule has 2 rings (SSSR count). The SMILES string of the molecule is CN(Cc1ccc(C(=O)O)cc1)c1cccc([N+](C)=O)c1. The lowest BCUT2D eigenvalue weighted by Gasteiger charge is -2.19. The Hall–Kier alpha value is -2.69. The molecular formula is C16H17N2O3+. The lowest BCUT2D eigenvalue weighted by molar-refractivity contribution is -0.428. The molecule has 0 unspecified atom stereocenters.